The summed E-state index contributed by atoms with van der Waals surface area (Å²) in [6.07, 6.45) is -4.49. The number of hydrogen-bond donors (Lipinski definition) is 3. The molecule has 4 aromatic rings. The van der Waals surface area contributed by atoms with Crippen LogP contribution in [0.2, 0.25) is 0 Å². The van der Waals surface area contributed by atoms with Crippen LogP contribution in [-0.2, 0) is 16.6 Å². The number of fused-ring (bicyclic) bond motifs is 1. The van der Waals surface area contributed by atoms with Crippen LogP contribution in [-0.4, -0.2) is 36.1 Å². The van der Waals surface area contributed by atoms with E-state index in [1.807, 2.05) is 6.07 Å². The van der Waals surface area contributed by atoms with Crippen molar-refractivity contribution in [3.63, 3.8) is 0 Å². The number of aromatic nitrogens is 3. The van der Waals surface area contributed by atoms with Crippen molar-refractivity contribution in [2.24, 2.45) is 5.14 Å². The van der Waals surface area contributed by atoms with Gasteiger partial charge in [0.1, 0.15) is 12.1 Å². The molecule has 2 aromatic heterocycles. The standard InChI is InChI=1S/C23H18F3N7O2S/c24-23(25,26)13-30-21-20-19(10-9-18(31-20)16-5-1-14(11-27)2-6-16)32-22(33-21)29-12-15-3-7-17(8-4-15)36(28,34)35/h1-10H,12-13H2,(H2,28,34,35)(H2,29,30,32,33). The van der Waals surface area contributed by atoms with E-state index in [1.54, 1.807) is 48.5 Å². The van der Waals surface area contributed by atoms with Crippen molar-refractivity contribution in [2.45, 2.75) is 17.6 Å². The monoisotopic (exact) mass is 513 g/mol. The van der Waals surface area contributed by atoms with E-state index in [2.05, 4.69) is 25.6 Å². The molecule has 0 bridgehead atoms. The average Bonchev–Trinajstić information content (AvgIpc) is 2.85. The Bertz CT molecular complexity index is 1550. The van der Waals surface area contributed by atoms with E-state index < -0.39 is 22.7 Å². The smallest absolute Gasteiger partial charge is 0.359 e. The summed E-state index contributed by atoms with van der Waals surface area (Å²) in [4.78, 5) is 12.9. The molecule has 0 radical (unpaired) electrons. The number of sulfonamides is 1. The summed E-state index contributed by atoms with van der Waals surface area (Å²) in [5.74, 6) is -0.0597. The summed E-state index contributed by atoms with van der Waals surface area (Å²) in [6, 6.07) is 17.7. The lowest BCUT2D eigenvalue weighted by Crippen LogP contribution is -2.22. The van der Waals surface area contributed by atoms with Gasteiger partial charge in [0.25, 0.3) is 0 Å². The average molecular weight is 514 g/mol. The number of nitrogens with two attached hydrogens (primary N) is 1. The van der Waals surface area contributed by atoms with Gasteiger partial charge in [0.2, 0.25) is 16.0 Å². The fraction of sp³-hybridized carbons (Fsp3) is 0.130. The van der Waals surface area contributed by atoms with E-state index in [9.17, 15) is 21.6 Å². The normalized spacial score (nSPS) is 11.8. The molecule has 0 amide bonds. The molecular formula is C23H18F3N7O2S. The minimum atomic E-state index is -4.49. The first-order valence-corrected chi connectivity index (χ1v) is 11.9. The third-order valence-corrected chi connectivity index (χ3v) is 5.94. The van der Waals surface area contributed by atoms with E-state index in [0.717, 1.165) is 0 Å². The first kappa shape index (κ1) is 24.8. The van der Waals surface area contributed by atoms with Crippen LogP contribution in [0.15, 0.2) is 65.6 Å². The Kier molecular flexibility index (Phi) is 6.73. The highest BCUT2D eigenvalue weighted by molar-refractivity contribution is 7.89. The number of hydrogen-bond acceptors (Lipinski definition) is 8. The first-order valence-electron chi connectivity index (χ1n) is 10.4. The lowest BCUT2D eigenvalue weighted by atomic mass is 10.1. The van der Waals surface area contributed by atoms with Gasteiger partial charge in [0.15, 0.2) is 5.82 Å². The zero-order chi connectivity index (χ0) is 25.9. The van der Waals surface area contributed by atoms with Crippen LogP contribution in [0.1, 0.15) is 11.1 Å². The number of rotatable bonds is 7. The van der Waals surface area contributed by atoms with Crippen molar-refractivity contribution < 1.29 is 21.6 Å². The van der Waals surface area contributed by atoms with Gasteiger partial charge in [-0.2, -0.15) is 23.4 Å². The Balaban J connectivity index is 1.65. The third-order valence-electron chi connectivity index (χ3n) is 5.01. The Morgan fingerprint density at radius 3 is 2.22 bits per heavy atom. The minimum Gasteiger partial charge on any atom is -0.359 e. The summed E-state index contributed by atoms with van der Waals surface area (Å²) in [7, 11) is -3.83. The molecule has 2 heterocycles. The number of pyridine rings is 1. The number of nitriles is 1. The highest BCUT2D eigenvalue weighted by atomic mass is 32.2. The summed E-state index contributed by atoms with van der Waals surface area (Å²) in [5.41, 5.74) is 2.73. The molecule has 13 heteroatoms. The quantitative estimate of drug-likeness (QED) is 0.338. The topological polar surface area (TPSA) is 147 Å². The number of anilines is 2. The maximum Gasteiger partial charge on any atom is 0.405 e. The molecule has 0 aliphatic carbocycles. The zero-order valence-corrected chi connectivity index (χ0v) is 19.2. The van der Waals surface area contributed by atoms with E-state index >= 15 is 0 Å². The molecule has 0 aliphatic rings. The molecule has 0 fully saturated rings. The van der Waals surface area contributed by atoms with Crippen LogP contribution in [0.4, 0.5) is 24.9 Å². The van der Waals surface area contributed by atoms with Crippen LogP contribution in [0, 0.1) is 11.3 Å². The number of benzene rings is 2. The van der Waals surface area contributed by atoms with Crippen LogP contribution in [0.25, 0.3) is 22.3 Å². The van der Waals surface area contributed by atoms with Gasteiger partial charge >= 0.3 is 6.18 Å². The summed E-state index contributed by atoms with van der Waals surface area (Å²) in [5, 5.41) is 19.3. The molecule has 36 heavy (non-hydrogen) atoms. The van der Waals surface area contributed by atoms with Crippen molar-refractivity contribution >= 4 is 32.8 Å². The largest absolute Gasteiger partial charge is 0.405 e. The van der Waals surface area contributed by atoms with Crippen molar-refractivity contribution in [2.75, 3.05) is 17.2 Å². The maximum atomic E-state index is 12.9. The van der Waals surface area contributed by atoms with Crippen molar-refractivity contribution in [3.8, 4) is 17.3 Å². The van der Waals surface area contributed by atoms with Gasteiger partial charge in [-0.25, -0.2) is 23.5 Å². The van der Waals surface area contributed by atoms with Gasteiger partial charge in [0.05, 0.1) is 27.7 Å². The first-order chi connectivity index (χ1) is 17.0. The highest BCUT2D eigenvalue weighted by Gasteiger charge is 2.27. The van der Waals surface area contributed by atoms with E-state index in [0.29, 0.717) is 27.9 Å². The van der Waals surface area contributed by atoms with Gasteiger partial charge in [-0.1, -0.05) is 24.3 Å². The molecule has 184 valence electrons. The molecule has 0 aliphatic heterocycles. The van der Waals surface area contributed by atoms with Crippen molar-refractivity contribution in [1.29, 1.82) is 5.26 Å². The van der Waals surface area contributed by atoms with Crippen LogP contribution in [0.3, 0.4) is 0 Å². The predicted octanol–water partition coefficient (Wildman–Crippen LogP) is 3.80. The fourth-order valence-corrected chi connectivity index (χ4v) is 3.77. The maximum absolute atomic E-state index is 12.9. The van der Waals surface area contributed by atoms with Gasteiger partial charge in [0, 0.05) is 12.1 Å². The zero-order valence-electron chi connectivity index (χ0n) is 18.4. The molecule has 0 unspecified atom stereocenters. The summed E-state index contributed by atoms with van der Waals surface area (Å²) < 4.78 is 61.6. The second kappa shape index (κ2) is 9.76. The molecule has 9 nitrogen and oxygen atoms in total. The van der Waals surface area contributed by atoms with Crippen LogP contribution >= 0.6 is 0 Å². The fourth-order valence-electron chi connectivity index (χ4n) is 3.25. The third kappa shape index (κ3) is 6.04. The van der Waals surface area contributed by atoms with Crippen molar-refractivity contribution in [1.82, 2.24) is 15.0 Å². The highest BCUT2D eigenvalue weighted by Crippen LogP contribution is 2.27. The van der Waals surface area contributed by atoms with E-state index in [4.69, 9.17) is 10.4 Å². The number of alkyl halides is 3. The second-order valence-corrected chi connectivity index (χ2v) is 9.22. The Morgan fingerprint density at radius 1 is 0.917 bits per heavy atom. The predicted molar refractivity (Wildman–Crippen MR) is 127 cm³/mol. The molecule has 0 saturated carbocycles. The lowest BCUT2D eigenvalue weighted by Gasteiger charge is -2.13. The minimum absolute atomic E-state index is 0.0454. The van der Waals surface area contributed by atoms with Gasteiger partial charge in [-0.3, -0.25) is 0 Å². The molecule has 4 rings (SSSR count). The molecule has 0 spiro atoms. The molecule has 0 atom stereocenters. The summed E-state index contributed by atoms with van der Waals surface area (Å²) >= 11 is 0. The number of nitrogens with zero attached hydrogens (tertiary/aromatic N) is 4. The molecule has 0 saturated heterocycles. The Hall–Kier alpha value is -4.28. The molecule has 4 N–H and O–H groups in total. The number of nitrogens with one attached hydrogen (secondary N) is 2. The van der Waals surface area contributed by atoms with Gasteiger partial charge in [-0.15, -0.1) is 0 Å². The lowest BCUT2D eigenvalue weighted by molar-refractivity contribution is -0.115. The van der Waals surface area contributed by atoms with Crippen molar-refractivity contribution in [3.05, 3.63) is 71.8 Å². The van der Waals surface area contributed by atoms with E-state index in [-0.39, 0.29) is 28.7 Å². The number of primary sulfonamides is 1. The summed E-state index contributed by atoms with van der Waals surface area (Å²) in [6.45, 7) is -1.15. The Morgan fingerprint density at radius 2 is 1.61 bits per heavy atom. The molecule has 2 aromatic carbocycles. The molecular weight excluding hydrogens is 495 g/mol. The van der Waals surface area contributed by atoms with Gasteiger partial charge < -0.3 is 10.6 Å². The second-order valence-electron chi connectivity index (χ2n) is 7.66. The van der Waals surface area contributed by atoms with Crippen LogP contribution < -0.4 is 15.8 Å². The SMILES string of the molecule is N#Cc1ccc(-c2ccc3nc(NCc4ccc(S(N)(=O)=O)cc4)nc(NCC(F)(F)F)c3n2)cc1. The Labute approximate surface area is 203 Å². The van der Waals surface area contributed by atoms with Gasteiger partial charge in [-0.05, 0) is 42.0 Å². The van der Waals surface area contributed by atoms with Crippen LogP contribution in [0.5, 0.6) is 0 Å². The number of halogens is 3. The van der Waals surface area contributed by atoms with E-state index in [1.165, 1.54) is 12.1 Å².